The van der Waals surface area contributed by atoms with Crippen molar-refractivity contribution in [1.82, 2.24) is 4.98 Å². The molecule has 1 heterocycles. The summed E-state index contributed by atoms with van der Waals surface area (Å²) < 4.78 is 12.9. The molecule has 2 aromatic rings. The Kier molecular flexibility index (Phi) is 3.75. The van der Waals surface area contributed by atoms with Crippen LogP contribution in [-0.4, -0.2) is 17.4 Å². The van der Waals surface area contributed by atoms with Crippen LogP contribution < -0.4 is 10.6 Å². The third kappa shape index (κ3) is 2.88. The molecule has 0 saturated heterocycles. The lowest BCUT2D eigenvalue weighted by Crippen LogP contribution is -2.30. The van der Waals surface area contributed by atoms with Crippen LogP contribution in [0.3, 0.4) is 0 Å². The number of rotatable bonds is 3. The number of hydrogen-bond donors (Lipinski definition) is 1. The fourth-order valence-electron chi connectivity index (χ4n) is 1.80. The number of nitrogen functional groups attached to an aromatic ring is 1. The molecule has 0 unspecified atom stereocenters. The summed E-state index contributed by atoms with van der Waals surface area (Å²) in [5.74, 6) is -0.232. The fraction of sp³-hybridized carbons (Fsp3) is 0.143. The first-order valence-corrected chi connectivity index (χ1v) is 5.90. The molecule has 0 aliphatic rings. The number of nitrogens with zero attached hydrogens (tertiary/aromatic N) is 2. The van der Waals surface area contributed by atoms with Gasteiger partial charge in [0.1, 0.15) is 11.6 Å². The topological polar surface area (TPSA) is 59.2 Å². The summed E-state index contributed by atoms with van der Waals surface area (Å²) >= 11 is 0. The van der Waals surface area contributed by atoms with Gasteiger partial charge in [-0.15, -0.1) is 0 Å². The normalized spacial score (nSPS) is 10.2. The van der Waals surface area contributed by atoms with Gasteiger partial charge in [0.25, 0.3) is 5.91 Å². The van der Waals surface area contributed by atoms with Gasteiger partial charge in [-0.05, 0) is 43.3 Å². The lowest BCUT2D eigenvalue weighted by molar-refractivity contribution is 0.0988. The Morgan fingerprint density at radius 1 is 1.32 bits per heavy atom. The van der Waals surface area contributed by atoms with Crippen molar-refractivity contribution in [1.29, 1.82) is 0 Å². The third-order valence-corrected chi connectivity index (χ3v) is 2.73. The molecule has 1 aromatic carbocycles. The van der Waals surface area contributed by atoms with Gasteiger partial charge in [0, 0.05) is 24.0 Å². The first kappa shape index (κ1) is 13.0. The number of amides is 1. The molecule has 1 aromatic heterocycles. The molecule has 98 valence electrons. The highest BCUT2D eigenvalue weighted by Crippen LogP contribution is 2.18. The molecule has 19 heavy (non-hydrogen) atoms. The van der Waals surface area contributed by atoms with Crippen LogP contribution in [0.25, 0.3) is 0 Å². The van der Waals surface area contributed by atoms with Crippen molar-refractivity contribution in [2.24, 2.45) is 0 Å². The Morgan fingerprint density at radius 2 is 2.00 bits per heavy atom. The zero-order valence-corrected chi connectivity index (χ0v) is 10.5. The summed E-state index contributed by atoms with van der Waals surface area (Å²) in [6, 6.07) is 8.92. The molecule has 4 nitrogen and oxygen atoms in total. The number of anilines is 2. The molecule has 0 atom stereocenters. The number of hydrogen-bond acceptors (Lipinski definition) is 3. The van der Waals surface area contributed by atoms with Gasteiger partial charge in [-0.1, -0.05) is 0 Å². The summed E-state index contributed by atoms with van der Waals surface area (Å²) in [6.07, 6.45) is 1.49. The minimum absolute atomic E-state index is 0.191. The molecule has 0 fully saturated rings. The number of pyridine rings is 1. The molecule has 0 radical (unpaired) electrons. The lowest BCUT2D eigenvalue weighted by Gasteiger charge is -2.21. The molecule has 0 aliphatic heterocycles. The summed E-state index contributed by atoms with van der Waals surface area (Å²) in [6.45, 7) is 2.33. The maximum Gasteiger partial charge on any atom is 0.258 e. The second-order valence-corrected chi connectivity index (χ2v) is 4.00. The van der Waals surface area contributed by atoms with Crippen LogP contribution in [0.1, 0.15) is 17.3 Å². The van der Waals surface area contributed by atoms with Gasteiger partial charge < -0.3 is 10.6 Å². The van der Waals surface area contributed by atoms with E-state index in [1.165, 1.54) is 24.4 Å². The van der Waals surface area contributed by atoms with Crippen molar-refractivity contribution in [2.45, 2.75) is 6.92 Å². The fourth-order valence-corrected chi connectivity index (χ4v) is 1.80. The Morgan fingerprint density at radius 3 is 2.58 bits per heavy atom. The molecular formula is C14H14FN3O. The Hall–Kier alpha value is -2.43. The van der Waals surface area contributed by atoms with Crippen LogP contribution in [0.15, 0.2) is 42.6 Å². The zero-order chi connectivity index (χ0) is 13.8. The van der Waals surface area contributed by atoms with E-state index < -0.39 is 0 Å². The quantitative estimate of drug-likeness (QED) is 0.921. The lowest BCUT2D eigenvalue weighted by atomic mass is 10.2. The van der Waals surface area contributed by atoms with Crippen molar-refractivity contribution in [3.8, 4) is 0 Å². The number of carbonyl (C=O) groups excluding carboxylic acids is 1. The number of aromatic nitrogens is 1. The van der Waals surface area contributed by atoms with Crippen molar-refractivity contribution >= 4 is 17.4 Å². The van der Waals surface area contributed by atoms with Crippen molar-refractivity contribution in [3.05, 3.63) is 54.0 Å². The highest BCUT2D eigenvalue weighted by atomic mass is 19.1. The maximum atomic E-state index is 12.9. The van der Waals surface area contributed by atoms with Crippen LogP contribution in [0.2, 0.25) is 0 Å². The zero-order valence-electron chi connectivity index (χ0n) is 10.5. The largest absolute Gasteiger partial charge is 0.384 e. The standard InChI is InChI=1S/C14H14FN3O/c1-2-18(12-5-3-11(15)4-6-12)14(19)10-7-8-17-13(16)9-10/h3-9H,2H2,1H3,(H2,16,17). The van der Waals surface area contributed by atoms with E-state index in [1.807, 2.05) is 6.92 Å². The molecule has 0 saturated carbocycles. The van der Waals surface area contributed by atoms with Crippen LogP contribution in [0.4, 0.5) is 15.9 Å². The van der Waals surface area contributed by atoms with Crippen LogP contribution >= 0.6 is 0 Å². The smallest absolute Gasteiger partial charge is 0.258 e. The van der Waals surface area contributed by atoms with Gasteiger partial charge in [0.15, 0.2) is 0 Å². The molecule has 2 rings (SSSR count). The van der Waals surface area contributed by atoms with Crippen molar-refractivity contribution < 1.29 is 9.18 Å². The maximum absolute atomic E-state index is 12.9. The monoisotopic (exact) mass is 259 g/mol. The van der Waals surface area contributed by atoms with Gasteiger partial charge in [-0.3, -0.25) is 4.79 Å². The van der Waals surface area contributed by atoms with Gasteiger partial charge in [0.05, 0.1) is 0 Å². The summed E-state index contributed by atoms with van der Waals surface area (Å²) in [5, 5.41) is 0. The molecule has 0 aliphatic carbocycles. The second kappa shape index (κ2) is 5.48. The second-order valence-electron chi connectivity index (χ2n) is 4.00. The van der Waals surface area contributed by atoms with Gasteiger partial charge >= 0.3 is 0 Å². The Labute approximate surface area is 110 Å². The molecule has 2 N–H and O–H groups in total. The first-order valence-electron chi connectivity index (χ1n) is 5.90. The van der Waals surface area contributed by atoms with E-state index >= 15 is 0 Å². The van der Waals surface area contributed by atoms with E-state index in [-0.39, 0.29) is 11.7 Å². The van der Waals surface area contributed by atoms with Gasteiger partial charge in [-0.2, -0.15) is 0 Å². The first-order chi connectivity index (χ1) is 9.11. The van der Waals surface area contributed by atoms with E-state index in [1.54, 1.807) is 23.1 Å². The molecular weight excluding hydrogens is 245 g/mol. The minimum Gasteiger partial charge on any atom is -0.384 e. The van der Waals surface area contributed by atoms with Crippen LogP contribution in [-0.2, 0) is 0 Å². The number of benzene rings is 1. The highest BCUT2D eigenvalue weighted by molar-refractivity contribution is 6.06. The van der Waals surface area contributed by atoms with E-state index in [4.69, 9.17) is 5.73 Å². The van der Waals surface area contributed by atoms with Crippen molar-refractivity contribution in [3.63, 3.8) is 0 Å². The predicted octanol–water partition coefficient (Wildman–Crippen LogP) is 2.47. The van der Waals surface area contributed by atoms with E-state index in [2.05, 4.69) is 4.98 Å². The third-order valence-electron chi connectivity index (χ3n) is 2.73. The van der Waals surface area contributed by atoms with Crippen LogP contribution in [0, 0.1) is 5.82 Å². The van der Waals surface area contributed by atoms with Crippen LogP contribution in [0.5, 0.6) is 0 Å². The average Bonchev–Trinajstić information content (AvgIpc) is 2.41. The Balaban J connectivity index is 2.31. The molecule has 1 amide bonds. The van der Waals surface area contributed by atoms with Gasteiger partial charge in [0.2, 0.25) is 0 Å². The summed E-state index contributed by atoms with van der Waals surface area (Å²) in [7, 11) is 0. The highest BCUT2D eigenvalue weighted by Gasteiger charge is 2.16. The average molecular weight is 259 g/mol. The Bertz CT molecular complexity index is 583. The van der Waals surface area contributed by atoms with E-state index in [0.29, 0.717) is 23.6 Å². The van der Waals surface area contributed by atoms with Crippen molar-refractivity contribution in [2.75, 3.05) is 17.2 Å². The SMILES string of the molecule is CCN(C(=O)c1ccnc(N)c1)c1ccc(F)cc1. The summed E-state index contributed by atoms with van der Waals surface area (Å²) in [5.41, 5.74) is 6.67. The van der Waals surface area contributed by atoms with E-state index in [9.17, 15) is 9.18 Å². The minimum atomic E-state index is -0.333. The van der Waals surface area contributed by atoms with Gasteiger partial charge in [-0.25, -0.2) is 9.37 Å². The van der Waals surface area contributed by atoms with E-state index in [0.717, 1.165) is 0 Å². The number of carbonyl (C=O) groups is 1. The number of nitrogens with two attached hydrogens (primary N) is 1. The molecule has 0 spiro atoms. The number of halogens is 1. The molecule has 5 heteroatoms. The molecule has 0 bridgehead atoms. The predicted molar refractivity (Wildman–Crippen MR) is 72.4 cm³/mol. The summed E-state index contributed by atoms with van der Waals surface area (Å²) in [4.78, 5) is 17.8.